The zero-order chi connectivity index (χ0) is 9.42. The summed E-state index contributed by atoms with van der Waals surface area (Å²) >= 11 is 0. The molecule has 0 heterocycles. The van der Waals surface area contributed by atoms with Crippen molar-refractivity contribution in [1.29, 1.82) is 0 Å². The van der Waals surface area contributed by atoms with Crippen molar-refractivity contribution in [2.45, 2.75) is 26.7 Å². The summed E-state index contributed by atoms with van der Waals surface area (Å²) < 4.78 is 0. The fourth-order valence-electron chi connectivity index (χ4n) is 1.80. The van der Waals surface area contributed by atoms with Crippen molar-refractivity contribution in [3.05, 3.63) is 40.1 Å². The van der Waals surface area contributed by atoms with E-state index in [1.54, 1.807) is 0 Å². The molecule has 1 aromatic carbocycles. The van der Waals surface area contributed by atoms with Crippen LogP contribution in [0.15, 0.2) is 17.8 Å². The van der Waals surface area contributed by atoms with E-state index in [-0.39, 0.29) is 0 Å². The van der Waals surface area contributed by atoms with Crippen LogP contribution in [0.1, 0.15) is 28.7 Å². The molecule has 1 aliphatic rings. The summed E-state index contributed by atoms with van der Waals surface area (Å²) in [6.07, 6.45) is 4.21. The largest absolute Gasteiger partial charge is 0.402 e. The van der Waals surface area contributed by atoms with Crippen LogP contribution in [-0.4, -0.2) is 0 Å². The summed E-state index contributed by atoms with van der Waals surface area (Å²) in [5.41, 5.74) is 12.3. The van der Waals surface area contributed by atoms with Crippen LogP contribution in [0.4, 0.5) is 0 Å². The van der Waals surface area contributed by atoms with Gasteiger partial charge in [0.15, 0.2) is 0 Å². The van der Waals surface area contributed by atoms with E-state index in [9.17, 15) is 0 Å². The second-order valence-corrected chi connectivity index (χ2v) is 3.85. The van der Waals surface area contributed by atoms with Gasteiger partial charge in [0.25, 0.3) is 0 Å². The van der Waals surface area contributed by atoms with Crippen LogP contribution in [0.25, 0.3) is 6.08 Å². The van der Waals surface area contributed by atoms with Crippen LogP contribution in [0.5, 0.6) is 0 Å². The molecule has 1 heteroatoms. The zero-order valence-corrected chi connectivity index (χ0v) is 8.22. The Balaban J connectivity index is 2.57. The minimum atomic E-state index is 1.01. The van der Waals surface area contributed by atoms with E-state index in [2.05, 4.69) is 32.1 Å². The van der Waals surface area contributed by atoms with Gasteiger partial charge in [0, 0.05) is 5.70 Å². The topological polar surface area (TPSA) is 26.0 Å². The van der Waals surface area contributed by atoms with Gasteiger partial charge in [-0.15, -0.1) is 0 Å². The van der Waals surface area contributed by atoms with Gasteiger partial charge in [-0.25, -0.2) is 0 Å². The van der Waals surface area contributed by atoms with Gasteiger partial charge in [0.1, 0.15) is 0 Å². The number of rotatable bonds is 0. The second kappa shape index (κ2) is 2.91. The van der Waals surface area contributed by atoms with Crippen molar-refractivity contribution in [1.82, 2.24) is 0 Å². The van der Waals surface area contributed by atoms with Gasteiger partial charge < -0.3 is 5.73 Å². The number of hydrogen-bond donors (Lipinski definition) is 1. The van der Waals surface area contributed by atoms with Crippen molar-refractivity contribution < 1.29 is 0 Å². The quantitative estimate of drug-likeness (QED) is 0.641. The van der Waals surface area contributed by atoms with Gasteiger partial charge in [-0.3, -0.25) is 0 Å². The highest BCUT2D eigenvalue weighted by atomic mass is 14.6. The maximum absolute atomic E-state index is 5.80. The first kappa shape index (κ1) is 8.36. The molecule has 0 spiro atoms. The van der Waals surface area contributed by atoms with Gasteiger partial charge in [0.05, 0.1) is 0 Å². The van der Waals surface area contributed by atoms with E-state index in [0.717, 1.165) is 18.5 Å². The Hall–Kier alpha value is -1.24. The molecule has 0 fully saturated rings. The van der Waals surface area contributed by atoms with Crippen molar-refractivity contribution in [3.63, 3.8) is 0 Å². The molecule has 0 aromatic heterocycles. The average Bonchev–Trinajstić information content (AvgIpc) is 2.08. The van der Waals surface area contributed by atoms with E-state index < -0.39 is 0 Å². The van der Waals surface area contributed by atoms with Crippen LogP contribution in [0.3, 0.4) is 0 Å². The maximum atomic E-state index is 5.80. The molecule has 0 saturated carbocycles. The number of nitrogens with two attached hydrogens (primary N) is 1. The number of allylic oxidation sites excluding steroid dienone is 1. The van der Waals surface area contributed by atoms with E-state index in [4.69, 9.17) is 5.73 Å². The second-order valence-electron chi connectivity index (χ2n) is 3.85. The molecule has 1 nitrogen and oxygen atoms in total. The molecule has 13 heavy (non-hydrogen) atoms. The molecule has 2 rings (SSSR count). The summed E-state index contributed by atoms with van der Waals surface area (Å²) in [5.74, 6) is 0. The van der Waals surface area contributed by atoms with Crippen molar-refractivity contribution in [2.24, 2.45) is 5.73 Å². The summed E-state index contributed by atoms with van der Waals surface area (Å²) in [7, 11) is 0. The number of fused-ring (bicyclic) bond motifs is 1. The molecule has 0 aliphatic heterocycles. The molecular formula is C12H15N. The van der Waals surface area contributed by atoms with Crippen LogP contribution in [0.2, 0.25) is 0 Å². The highest BCUT2D eigenvalue weighted by Gasteiger charge is 2.09. The Morgan fingerprint density at radius 2 is 1.77 bits per heavy atom. The average molecular weight is 173 g/mol. The third-order valence-electron chi connectivity index (χ3n) is 2.78. The maximum Gasteiger partial charge on any atom is 0.00899 e. The minimum absolute atomic E-state index is 1.01. The molecule has 1 aromatic rings. The van der Waals surface area contributed by atoms with E-state index >= 15 is 0 Å². The summed E-state index contributed by atoms with van der Waals surface area (Å²) in [5, 5.41) is 0. The van der Waals surface area contributed by atoms with Gasteiger partial charge in [-0.2, -0.15) is 0 Å². The summed E-state index contributed by atoms with van der Waals surface area (Å²) in [4.78, 5) is 0. The smallest absolute Gasteiger partial charge is 0.00899 e. The van der Waals surface area contributed by atoms with Gasteiger partial charge in [-0.1, -0.05) is 12.1 Å². The predicted octanol–water partition coefficient (Wildman–Crippen LogP) is 2.55. The monoisotopic (exact) mass is 173 g/mol. The Bertz CT molecular complexity index is 375. The Morgan fingerprint density at radius 1 is 1.08 bits per heavy atom. The predicted molar refractivity (Wildman–Crippen MR) is 56.4 cm³/mol. The molecular weight excluding hydrogens is 158 g/mol. The third-order valence-corrected chi connectivity index (χ3v) is 2.78. The highest BCUT2D eigenvalue weighted by molar-refractivity contribution is 5.60. The van der Waals surface area contributed by atoms with Crippen LogP contribution >= 0.6 is 0 Å². The lowest BCUT2D eigenvalue weighted by atomic mass is 9.92. The normalized spacial score (nSPS) is 15.1. The Labute approximate surface area is 79.3 Å². The number of benzene rings is 1. The molecule has 0 saturated heterocycles. The van der Waals surface area contributed by atoms with Crippen LogP contribution in [0, 0.1) is 13.8 Å². The fraction of sp³-hybridized carbons (Fsp3) is 0.333. The molecule has 68 valence electrons. The lowest BCUT2D eigenvalue weighted by molar-refractivity contribution is 0.910. The van der Waals surface area contributed by atoms with Crippen molar-refractivity contribution in [2.75, 3.05) is 0 Å². The van der Waals surface area contributed by atoms with Crippen LogP contribution < -0.4 is 5.73 Å². The molecule has 0 bridgehead atoms. The highest BCUT2D eigenvalue weighted by Crippen LogP contribution is 2.24. The first-order valence-corrected chi connectivity index (χ1v) is 4.73. The van der Waals surface area contributed by atoms with Crippen molar-refractivity contribution in [3.8, 4) is 0 Å². The fourth-order valence-corrected chi connectivity index (χ4v) is 1.80. The third kappa shape index (κ3) is 1.46. The number of aryl methyl sites for hydroxylation is 3. The van der Waals surface area contributed by atoms with Gasteiger partial charge in [-0.05, 0) is 55.0 Å². The van der Waals surface area contributed by atoms with E-state index in [0.29, 0.717) is 0 Å². The molecule has 0 radical (unpaired) electrons. The SMILES string of the molecule is Cc1cc2c(cc1C)CCC(N)=C2. The van der Waals surface area contributed by atoms with E-state index in [1.165, 1.54) is 22.3 Å². The minimum Gasteiger partial charge on any atom is -0.402 e. The van der Waals surface area contributed by atoms with Gasteiger partial charge in [0.2, 0.25) is 0 Å². The summed E-state index contributed by atoms with van der Waals surface area (Å²) in [6, 6.07) is 4.52. The molecule has 0 atom stereocenters. The molecule has 0 unspecified atom stereocenters. The van der Waals surface area contributed by atoms with Crippen LogP contribution in [-0.2, 0) is 6.42 Å². The van der Waals surface area contributed by atoms with Crippen molar-refractivity contribution >= 4 is 6.08 Å². The summed E-state index contributed by atoms with van der Waals surface area (Å²) in [6.45, 7) is 4.31. The zero-order valence-electron chi connectivity index (χ0n) is 8.22. The standard InChI is InChI=1S/C12H15N/c1-8-5-10-3-4-12(13)7-11(10)6-9(8)2/h5-7H,3-4,13H2,1-2H3. The lowest BCUT2D eigenvalue weighted by Crippen LogP contribution is -2.06. The lowest BCUT2D eigenvalue weighted by Gasteiger charge is -2.15. The first-order valence-electron chi connectivity index (χ1n) is 4.73. The Morgan fingerprint density at radius 3 is 2.54 bits per heavy atom. The molecule has 0 amide bonds. The first-order chi connectivity index (χ1) is 6.16. The Kier molecular flexibility index (Phi) is 1.87. The number of hydrogen-bond acceptors (Lipinski definition) is 1. The van der Waals surface area contributed by atoms with Gasteiger partial charge >= 0.3 is 0 Å². The molecule has 2 N–H and O–H groups in total. The molecule has 1 aliphatic carbocycles. The van der Waals surface area contributed by atoms with E-state index in [1.807, 2.05) is 0 Å².